The molecule has 0 fully saturated rings. The van der Waals surface area contributed by atoms with Crippen molar-refractivity contribution in [3.63, 3.8) is 0 Å². The van der Waals surface area contributed by atoms with Gasteiger partial charge in [0.05, 0.1) is 0 Å². The van der Waals surface area contributed by atoms with Gasteiger partial charge in [0, 0.05) is 34.7 Å². The molecule has 0 radical (unpaired) electrons. The number of nitrogen functional groups attached to an aromatic ring is 1. The van der Waals surface area contributed by atoms with E-state index in [1.807, 2.05) is 10.8 Å². The van der Waals surface area contributed by atoms with E-state index in [9.17, 15) is 4.79 Å². The van der Waals surface area contributed by atoms with Crippen LogP contribution in [0.5, 0.6) is 0 Å². The third kappa shape index (κ3) is 2.61. The Morgan fingerprint density at radius 1 is 1.44 bits per heavy atom. The number of imidazole rings is 1. The number of halogens is 1. The van der Waals surface area contributed by atoms with Crippen molar-refractivity contribution in [2.24, 2.45) is 0 Å². The number of nitrogens with two attached hydrogens (primary N) is 1. The van der Waals surface area contributed by atoms with Crippen molar-refractivity contribution in [1.29, 1.82) is 0 Å². The minimum Gasteiger partial charge on any atom is -0.399 e. The number of carbonyl (C=O) groups is 1. The monoisotopic (exact) mass is 307 g/mol. The van der Waals surface area contributed by atoms with Crippen LogP contribution >= 0.6 is 15.9 Å². The molecule has 1 heterocycles. The van der Waals surface area contributed by atoms with Crippen LogP contribution in [0.2, 0.25) is 0 Å². The smallest absolute Gasteiger partial charge is 0.228 e. The molecule has 0 saturated carbocycles. The van der Waals surface area contributed by atoms with E-state index in [2.05, 4.69) is 27.8 Å². The highest BCUT2D eigenvalue weighted by Crippen LogP contribution is 2.19. The fourth-order valence-corrected chi connectivity index (χ4v) is 2.32. The van der Waals surface area contributed by atoms with Crippen molar-refractivity contribution in [3.05, 3.63) is 46.5 Å². The van der Waals surface area contributed by atoms with Gasteiger partial charge in [-0.25, -0.2) is 4.98 Å². The van der Waals surface area contributed by atoms with Crippen LogP contribution < -0.4 is 5.73 Å². The topological polar surface area (TPSA) is 60.9 Å². The first-order valence-corrected chi connectivity index (χ1v) is 6.53. The minimum atomic E-state index is -0.110. The van der Waals surface area contributed by atoms with E-state index in [1.165, 1.54) is 0 Å². The van der Waals surface area contributed by atoms with E-state index in [0.717, 1.165) is 17.4 Å². The van der Waals surface area contributed by atoms with E-state index in [-0.39, 0.29) is 5.78 Å². The molecule has 0 amide bonds. The van der Waals surface area contributed by atoms with Gasteiger partial charge in [-0.2, -0.15) is 0 Å². The molecule has 0 aliphatic rings. The molecule has 1 aromatic heterocycles. The van der Waals surface area contributed by atoms with Gasteiger partial charge in [0.15, 0.2) is 5.82 Å². The number of nitrogens with zero attached hydrogens (tertiary/aromatic N) is 2. The fourth-order valence-electron chi connectivity index (χ4n) is 1.81. The first kappa shape index (κ1) is 12.8. The highest BCUT2D eigenvalue weighted by molar-refractivity contribution is 9.10. The number of carbonyl (C=O) groups excluding carboxylic acids is 1. The molecule has 0 aliphatic carbocycles. The molecule has 0 atom stereocenters. The van der Waals surface area contributed by atoms with Gasteiger partial charge in [-0.1, -0.05) is 22.9 Å². The second-order valence-corrected chi connectivity index (χ2v) is 4.96. The third-order valence-electron chi connectivity index (χ3n) is 2.57. The maximum atomic E-state index is 12.3. The molecule has 4 nitrogen and oxygen atoms in total. The molecule has 0 unspecified atom stereocenters. The summed E-state index contributed by atoms with van der Waals surface area (Å²) in [4.78, 5) is 16.5. The number of hydrogen-bond donors (Lipinski definition) is 1. The quantitative estimate of drug-likeness (QED) is 0.698. The molecule has 2 aromatic rings. The summed E-state index contributed by atoms with van der Waals surface area (Å²) in [6, 6.07) is 5.18. The zero-order valence-electron chi connectivity index (χ0n) is 10.1. The van der Waals surface area contributed by atoms with E-state index in [0.29, 0.717) is 17.1 Å². The van der Waals surface area contributed by atoms with Crippen molar-refractivity contribution in [1.82, 2.24) is 9.55 Å². The van der Waals surface area contributed by atoms with Crippen LogP contribution in [0.1, 0.15) is 29.5 Å². The van der Waals surface area contributed by atoms with Crippen molar-refractivity contribution < 1.29 is 4.79 Å². The Hall–Kier alpha value is -1.62. The molecular weight excluding hydrogens is 294 g/mol. The maximum absolute atomic E-state index is 12.3. The van der Waals surface area contributed by atoms with Crippen LogP contribution in [0, 0.1) is 0 Å². The van der Waals surface area contributed by atoms with Gasteiger partial charge < -0.3 is 10.3 Å². The van der Waals surface area contributed by atoms with Crippen molar-refractivity contribution in [2.75, 3.05) is 5.73 Å². The van der Waals surface area contributed by atoms with Crippen molar-refractivity contribution in [2.45, 2.75) is 19.9 Å². The van der Waals surface area contributed by atoms with E-state index < -0.39 is 0 Å². The molecule has 1 aromatic carbocycles. The van der Waals surface area contributed by atoms with Crippen LogP contribution in [0.15, 0.2) is 35.1 Å². The Balaban J connectivity index is 2.38. The summed E-state index contributed by atoms with van der Waals surface area (Å²) < 4.78 is 2.65. The second-order valence-electron chi connectivity index (χ2n) is 4.05. The molecule has 5 heteroatoms. The lowest BCUT2D eigenvalue weighted by Crippen LogP contribution is -2.11. The molecule has 18 heavy (non-hydrogen) atoms. The number of benzene rings is 1. The summed E-state index contributed by atoms with van der Waals surface area (Å²) >= 11 is 3.33. The van der Waals surface area contributed by atoms with Crippen LogP contribution in [-0.4, -0.2) is 15.3 Å². The van der Waals surface area contributed by atoms with Gasteiger partial charge in [-0.05, 0) is 24.6 Å². The summed E-state index contributed by atoms with van der Waals surface area (Å²) in [5.41, 5.74) is 6.84. The van der Waals surface area contributed by atoms with Gasteiger partial charge in [-0.3, -0.25) is 4.79 Å². The average Bonchev–Trinajstić information content (AvgIpc) is 2.75. The summed E-state index contributed by atoms with van der Waals surface area (Å²) in [5, 5.41) is 0. The van der Waals surface area contributed by atoms with Gasteiger partial charge in [0.25, 0.3) is 0 Å². The Labute approximate surface area is 114 Å². The third-order valence-corrected chi connectivity index (χ3v) is 3.02. The highest BCUT2D eigenvalue weighted by atomic mass is 79.9. The lowest BCUT2D eigenvalue weighted by molar-refractivity contribution is 0.102. The molecule has 0 bridgehead atoms. The van der Waals surface area contributed by atoms with Crippen LogP contribution in [-0.2, 0) is 6.54 Å². The van der Waals surface area contributed by atoms with Crippen LogP contribution in [0.25, 0.3) is 0 Å². The Bertz CT molecular complexity index is 557. The first-order valence-electron chi connectivity index (χ1n) is 5.73. The standard InChI is InChI=1S/C13H14BrN3O/c1-2-4-17-5-3-16-13(17)12(18)9-6-10(14)8-11(15)7-9/h3,5-8H,2,4,15H2,1H3. The first-order chi connectivity index (χ1) is 8.61. The summed E-state index contributed by atoms with van der Waals surface area (Å²) in [6.45, 7) is 2.84. The van der Waals surface area contributed by atoms with Crippen molar-refractivity contribution >= 4 is 27.4 Å². The van der Waals surface area contributed by atoms with Gasteiger partial charge >= 0.3 is 0 Å². The second kappa shape index (κ2) is 5.35. The highest BCUT2D eigenvalue weighted by Gasteiger charge is 2.15. The van der Waals surface area contributed by atoms with E-state index in [1.54, 1.807) is 24.4 Å². The molecule has 2 N–H and O–H groups in total. The van der Waals surface area contributed by atoms with Crippen LogP contribution in [0.4, 0.5) is 5.69 Å². The number of ketones is 1. The number of anilines is 1. The number of rotatable bonds is 4. The molecule has 2 rings (SSSR count). The van der Waals surface area contributed by atoms with E-state index >= 15 is 0 Å². The summed E-state index contributed by atoms with van der Waals surface area (Å²) in [7, 11) is 0. The zero-order valence-corrected chi connectivity index (χ0v) is 11.6. The number of aryl methyl sites for hydroxylation is 1. The zero-order chi connectivity index (χ0) is 13.1. The number of hydrogen-bond acceptors (Lipinski definition) is 3. The molecule has 0 spiro atoms. The molecule has 94 valence electrons. The van der Waals surface area contributed by atoms with Gasteiger partial charge in [0.2, 0.25) is 5.78 Å². The molecule has 0 aliphatic heterocycles. The van der Waals surface area contributed by atoms with Gasteiger partial charge in [0.1, 0.15) is 0 Å². The predicted molar refractivity (Wildman–Crippen MR) is 74.5 cm³/mol. The SMILES string of the molecule is CCCn1ccnc1C(=O)c1cc(N)cc(Br)c1. The van der Waals surface area contributed by atoms with Crippen molar-refractivity contribution in [3.8, 4) is 0 Å². The molecule has 0 saturated heterocycles. The lowest BCUT2D eigenvalue weighted by Gasteiger charge is -2.06. The van der Waals surface area contributed by atoms with E-state index in [4.69, 9.17) is 5.73 Å². The predicted octanol–water partition coefficient (Wildman–Crippen LogP) is 2.87. The normalized spacial score (nSPS) is 10.6. The van der Waals surface area contributed by atoms with Crippen LogP contribution in [0.3, 0.4) is 0 Å². The van der Waals surface area contributed by atoms with Gasteiger partial charge in [-0.15, -0.1) is 0 Å². The lowest BCUT2D eigenvalue weighted by atomic mass is 10.1. The Morgan fingerprint density at radius 2 is 2.22 bits per heavy atom. The number of aromatic nitrogens is 2. The largest absolute Gasteiger partial charge is 0.399 e. The molecular formula is C13H14BrN3O. The average molecular weight is 308 g/mol. The fraction of sp³-hybridized carbons (Fsp3) is 0.231. The maximum Gasteiger partial charge on any atom is 0.228 e. The summed E-state index contributed by atoms with van der Waals surface area (Å²) in [5.74, 6) is 0.343. The Morgan fingerprint density at radius 3 is 2.89 bits per heavy atom. The Kier molecular flexibility index (Phi) is 3.81. The summed E-state index contributed by atoms with van der Waals surface area (Å²) in [6.07, 6.45) is 4.42. The minimum absolute atomic E-state index is 0.110.